The summed E-state index contributed by atoms with van der Waals surface area (Å²) in [6.45, 7) is 0. The molecule has 0 aliphatic carbocycles. The number of nitrogens with two attached hydrogens (primary N) is 1. The minimum atomic E-state index is -1.75. The summed E-state index contributed by atoms with van der Waals surface area (Å²) in [5.74, 6) is -2.11. The van der Waals surface area contributed by atoms with E-state index in [2.05, 4.69) is 15.2 Å². The number of anilines is 1. The second-order valence-electron chi connectivity index (χ2n) is 1.50. The van der Waals surface area contributed by atoms with E-state index >= 15 is 0 Å². The fourth-order valence-electron chi connectivity index (χ4n) is 0.338. The Morgan fingerprint density at radius 3 is 1.19 bits per heavy atom. The molecule has 0 atom stereocenters. The number of carbonyl (C=O) groups excluding carboxylic acids is 1. The molecule has 0 aliphatic rings. The van der Waals surface area contributed by atoms with E-state index in [1.54, 1.807) is 0 Å². The van der Waals surface area contributed by atoms with Crippen molar-refractivity contribution in [3.8, 4) is 0 Å². The maximum atomic E-state index is 9.88. The van der Waals surface area contributed by atoms with Gasteiger partial charge in [-0.25, -0.2) is 5.10 Å². The fourth-order valence-corrected chi connectivity index (χ4v) is 0.338. The van der Waals surface area contributed by atoms with Gasteiger partial charge in [0.05, 0.1) is 11.1 Å². The molecule has 0 fully saturated rings. The first kappa shape index (κ1) is 142. The maximum absolute atomic E-state index is 9.88. The molecule has 0 aromatic carbocycles. The minimum Gasteiger partial charge on any atom is -0.870 e. The van der Waals surface area contributed by atoms with E-state index in [4.69, 9.17) is 21.1 Å². The van der Waals surface area contributed by atoms with Crippen molar-refractivity contribution in [1.29, 1.82) is 0 Å². The third-order valence-electron chi connectivity index (χ3n) is 0.650. The molecule has 1 heterocycles. The summed E-state index contributed by atoms with van der Waals surface area (Å²) in [6, 6.07) is 0. The van der Waals surface area contributed by atoms with E-state index in [1.165, 1.54) is 0 Å². The van der Waals surface area contributed by atoms with Crippen molar-refractivity contribution < 1.29 is 81.4 Å². The normalized spacial score (nSPS) is 4.00. The van der Waals surface area contributed by atoms with Crippen molar-refractivity contribution in [3.05, 3.63) is 21.1 Å². The van der Waals surface area contributed by atoms with Gasteiger partial charge in [-0.2, -0.15) is 0 Å². The standard InChI is InChI=1S/C3H4N4O2.2Co.NO3.6H3N.6H2O/c4-3-5-1(2(8)9)6-7-3;;;2-1(3)4;;;;;;;;;;;;/h(H4,4,5,6,7,8,9);;;;6*1H3;6*1H2/q;2*+3;-1;;;;;;;;;;;;/p-5. The number of aromatic carboxylic acids is 1. The van der Waals surface area contributed by atoms with Gasteiger partial charge >= 0.3 is 33.6 Å². The Bertz CT molecular complexity index is 328. The number of carboxylic acids is 1. The van der Waals surface area contributed by atoms with Gasteiger partial charge in [0.15, 0.2) is 0 Å². The van der Waals surface area contributed by atoms with Crippen molar-refractivity contribution in [3.63, 3.8) is 0 Å². The molecule has 29 N–H and O–H groups in total. The Balaban J connectivity index is -0.00000000582. The molecule has 27 heavy (non-hydrogen) atoms. The van der Waals surface area contributed by atoms with Crippen LogP contribution in [0.5, 0.6) is 0 Å². The first-order chi connectivity index (χ1) is 5.93. The Morgan fingerprint density at radius 2 is 1.11 bits per heavy atom. The van der Waals surface area contributed by atoms with E-state index in [-0.39, 0.29) is 109 Å². The Morgan fingerprint density at radius 1 is 0.889 bits per heavy atom. The summed E-state index contributed by atoms with van der Waals surface area (Å²) in [7, 11) is 0. The molecule has 0 radical (unpaired) electrons. The molecule has 24 heteroatoms. The second kappa shape index (κ2) is 74.9. The summed E-state index contributed by atoms with van der Waals surface area (Å²) in [5, 5.41) is 30.8. The van der Waals surface area contributed by atoms with Gasteiger partial charge in [-0.05, 0) is 5.82 Å². The SMILES string of the molecule is N.N.N.N.N.N.Nc1n[n-]c(C(=O)[O-])n1.O.O.O.O=[N+]([O-])[O-].[Co+3].[Co+3].[OH-].[OH-].[OH-]. The van der Waals surface area contributed by atoms with Crippen LogP contribution in [-0.2, 0) is 33.6 Å². The van der Waals surface area contributed by atoms with E-state index < -0.39 is 16.9 Å². The van der Waals surface area contributed by atoms with Crippen LogP contribution in [0.25, 0.3) is 0 Å². The molecule has 1 rings (SSSR count). The molecule has 0 unspecified atom stereocenters. The smallest absolute Gasteiger partial charge is 0.870 e. The molecule has 0 amide bonds. The van der Waals surface area contributed by atoms with Crippen molar-refractivity contribution >= 4 is 11.9 Å². The number of nitrogen functional groups attached to an aromatic ring is 1. The second-order valence-corrected chi connectivity index (χ2v) is 1.50. The molecule has 0 bridgehead atoms. The van der Waals surface area contributed by atoms with Gasteiger partial charge in [0, 0.05) is 0 Å². The summed E-state index contributed by atoms with van der Waals surface area (Å²) < 4.78 is 0. The minimum absolute atomic E-state index is 0. The largest absolute Gasteiger partial charge is 3.00 e. The van der Waals surface area contributed by atoms with Crippen LogP contribution in [-0.4, -0.2) is 54.0 Å². The molecule has 0 saturated heterocycles. The third-order valence-corrected chi connectivity index (χ3v) is 0.650. The predicted molar refractivity (Wildman–Crippen MR) is 81.2 cm³/mol. The summed E-state index contributed by atoms with van der Waals surface area (Å²) in [4.78, 5) is 21.3. The third kappa shape index (κ3) is 95.3. The molecule has 1 aromatic rings. The van der Waals surface area contributed by atoms with E-state index in [0.717, 1.165) is 0 Å². The van der Waals surface area contributed by atoms with Crippen LogP contribution in [0.4, 0.5) is 5.95 Å². The van der Waals surface area contributed by atoms with E-state index in [1.807, 2.05) is 0 Å². The summed E-state index contributed by atoms with van der Waals surface area (Å²) in [5.41, 5.74) is 4.94. The van der Waals surface area contributed by atoms with Crippen LogP contribution in [0.2, 0.25) is 0 Å². The first-order valence-electron chi connectivity index (χ1n) is 2.59. The maximum Gasteiger partial charge on any atom is 3.00 e. The van der Waals surface area contributed by atoms with Gasteiger partial charge in [0.25, 0.3) is 0 Å². The topological polar surface area (TPSA) is 567 Å². The zero-order valence-corrected chi connectivity index (χ0v) is 15.7. The number of rotatable bonds is 1. The zero-order chi connectivity index (χ0) is 10.4. The van der Waals surface area contributed by atoms with Gasteiger partial charge < -0.3 is 111 Å². The number of aromatic nitrogens is 3. The molecule has 22 nitrogen and oxygen atoms in total. The van der Waals surface area contributed by atoms with Gasteiger partial charge in [0.1, 0.15) is 5.95 Å². The van der Waals surface area contributed by atoms with Crippen LogP contribution in [0, 0.1) is 15.3 Å². The van der Waals surface area contributed by atoms with Crippen molar-refractivity contribution in [2.24, 2.45) is 0 Å². The molecule has 180 valence electrons. The number of hydrogen-bond donors (Lipinski definition) is 7. The number of hydrogen-bond acceptors (Lipinski definition) is 17. The van der Waals surface area contributed by atoms with Crippen LogP contribution < -0.4 is 52.8 Å². The average molecular weight is 513 g/mol. The zero-order valence-electron chi connectivity index (χ0n) is 13.7. The first-order valence-corrected chi connectivity index (χ1v) is 2.59. The van der Waals surface area contributed by atoms with Crippen molar-refractivity contribution in [2.75, 3.05) is 5.73 Å². The Labute approximate surface area is 172 Å². The molecule has 1 aromatic heterocycles. The van der Waals surface area contributed by atoms with Gasteiger partial charge in [-0.3, -0.25) is 0 Å². The van der Waals surface area contributed by atoms with Crippen LogP contribution in [0.15, 0.2) is 0 Å². The summed E-state index contributed by atoms with van der Waals surface area (Å²) in [6.07, 6.45) is 0. The van der Waals surface area contributed by atoms with Gasteiger partial charge in [-0.15, -0.1) is 0 Å². The number of nitrogens with zero attached hydrogens (tertiary/aromatic N) is 4. The number of carbonyl (C=O) groups is 1. The van der Waals surface area contributed by atoms with Crippen molar-refractivity contribution in [1.82, 2.24) is 52.1 Å². The average Bonchev–Trinajstić information content (AvgIpc) is 2.34. The quantitative estimate of drug-likeness (QED) is 0.136. The van der Waals surface area contributed by atoms with Crippen molar-refractivity contribution in [2.45, 2.75) is 0 Å². The molecular weight excluding hydrogens is 484 g/mol. The number of carboxylic acid groups (broad SMARTS) is 1. The van der Waals surface area contributed by atoms with E-state index in [0.29, 0.717) is 0 Å². The monoisotopic (exact) mass is 513 g/mol. The van der Waals surface area contributed by atoms with Crippen LogP contribution in [0.3, 0.4) is 0 Å². The van der Waals surface area contributed by atoms with Gasteiger partial charge in [0.2, 0.25) is 0 Å². The molecule has 0 aliphatic heterocycles. The summed E-state index contributed by atoms with van der Waals surface area (Å²) >= 11 is 0. The van der Waals surface area contributed by atoms with E-state index in [9.17, 15) is 9.90 Å². The van der Waals surface area contributed by atoms with Crippen LogP contribution in [0.1, 0.15) is 10.6 Å². The molecular formula is C3H29Co2N11O11. The van der Waals surface area contributed by atoms with Gasteiger partial charge in [-0.1, -0.05) is 0 Å². The Hall–Kier alpha value is -1.86. The Kier molecular flexibility index (Phi) is 395. The van der Waals surface area contributed by atoms with Crippen LogP contribution >= 0.6 is 0 Å². The predicted octanol–water partition coefficient (Wildman–Crippen LogP) is -4.90. The molecule has 0 saturated carbocycles. The molecule has 0 spiro atoms. The fraction of sp³-hybridized carbons (Fsp3) is 0.